The minimum Gasteiger partial charge on any atom is -0.497 e. The Labute approximate surface area is 204 Å². The van der Waals surface area contributed by atoms with E-state index in [1.807, 2.05) is 18.2 Å². The molecule has 0 saturated heterocycles. The summed E-state index contributed by atoms with van der Waals surface area (Å²) in [4.78, 5) is 12.3. The van der Waals surface area contributed by atoms with Gasteiger partial charge in [0.15, 0.2) is 0 Å². The number of rotatable bonds is 20. The second kappa shape index (κ2) is 19.7. The summed E-state index contributed by atoms with van der Waals surface area (Å²) in [6, 6.07) is 5.65. The van der Waals surface area contributed by atoms with E-state index < -0.39 is 0 Å². The molecule has 1 rings (SSSR count). The summed E-state index contributed by atoms with van der Waals surface area (Å²) in [7, 11) is 1.65. The van der Waals surface area contributed by atoms with Gasteiger partial charge in [0, 0.05) is 12.0 Å². The van der Waals surface area contributed by atoms with Crippen molar-refractivity contribution in [1.29, 1.82) is 0 Å². The summed E-state index contributed by atoms with van der Waals surface area (Å²) in [5, 5.41) is 0. The average molecular weight is 459 g/mol. The number of unbranched alkanes of at least 4 members (excludes halogenated alkanes) is 14. The quantitative estimate of drug-likeness (QED) is 0.0844. The molecule has 0 aliphatic carbocycles. The fraction of sp³-hybridized carbons (Fsp3) is 0.700. The van der Waals surface area contributed by atoms with Gasteiger partial charge in [-0.3, -0.25) is 4.79 Å². The maximum absolute atomic E-state index is 12.3. The standard InChI is InChI=1S/C30H50O3/c1-5-6-7-8-9-10-11-12-13-14-15-16-17-18-19-20-30(31)33-29-24-23-28(32-4)25-27(29)22-21-26(2)3/h21,23-25H,5-20,22H2,1-4H3. The fourth-order valence-corrected chi connectivity index (χ4v) is 4.07. The predicted octanol–water partition coefficient (Wildman–Crippen LogP) is 9.37. The van der Waals surface area contributed by atoms with Gasteiger partial charge < -0.3 is 9.47 Å². The maximum atomic E-state index is 12.3. The maximum Gasteiger partial charge on any atom is 0.311 e. The first-order valence-electron chi connectivity index (χ1n) is 13.6. The Morgan fingerprint density at radius 1 is 0.788 bits per heavy atom. The average Bonchev–Trinajstić information content (AvgIpc) is 2.80. The summed E-state index contributed by atoms with van der Waals surface area (Å²) < 4.78 is 11.0. The number of hydrogen-bond donors (Lipinski definition) is 0. The summed E-state index contributed by atoms with van der Waals surface area (Å²) in [6.07, 6.45) is 23.3. The smallest absolute Gasteiger partial charge is 0.311 e. The first-order valence-corrected chi connectivity index (χ1v) is 13.6. The van der Waals surface area contributed by atoms with Crippen LogP contribution in [0.25, 0.3) is 0 Å². The van der Waals surface area contributed by atoms with Crippen molar-refractivity contribution in [3.8, 4) is 11.5 Å². The molecule has 0 spiro atoms. The minimum atomic E-state index is -0.131. The lowest BCUT2D eigenvalue weighted by atomic mass is 10.0. The van der Waals surface area contributed by atoms with Crippen LogP contribution in [0.3, 0.4) is 0 Å². The highest BCUT2D eigenvalue weighted by atomic mass is 16.5. The van der Waals surface area contributed by atoms with Crippen molar-refractivity contribution >= 4 is 5.97 Å². The Hall–Kier alpha value is -1.77. The molecule has 0 saturated carbocycles. The zero-order valence-electron chi connectivity index (χ0n) is 22.1. The number of methoxy groups -OCH3 is 1. The van der Waals surface area contributed by atoms with Gasteiger partial charge in [0.25, 0.3) is 0 Å². The van der Waals surface area contributed by atoms with E-state index in [-0.39, 0.29) is 5.97 Å². The number of hydrogen-bond acceptors (Lipinski definition) is 3. The van der Waals surface area contributed by atoms with Crippen molar-refractivity contribution in [3.63, 3.8) is 0 Å². The molecule has 3 nitrogen and oxygen atoms in total. The molecule has 33 heavy (non-hydrogen) atoms. The molecule has 0 unspecified atom stereocenters. The van der Waals surface area contributed by atoms with Crippen LogP contribution in [0.2, 0.25) is 0 Å². The number of esters is 1. The molecule has 0 aliphatic heterocycles. The van der Waals surface area contributed by atoms with Gasteiger partial charge in [-0.25, -0.2) is 0 Å². The lowest BCUT2D eigenvalue weighted by Gasteiger charge is -2.11. The summed E-state index contributed by atoms with van der Waals surface area (Å²) in [5.74, 6) is 1.31. The molecular weight excluding hydrogens is 408 g/mol. The van der Waals surface area contributed by atoms with E-state index in [1.54, 1.807) is 7.11 Å². The molecule has 0 fully saturated rings. The third-order valence-corrected chi connectivity index (χ3v) is 6.21. The number of allylic oxidation sites excluding steroid dienone is 2. The van der Waals surface area contributed by atoms with Crippen LogP contribution in [0.5, 0.6) is 11.5 Å². The largest absolute Gasteiger partial charge is 0.497 e. The number of carbonyl (C=O) groups is 1. The van der Waals surface area contributed by atoms with E-state index in [2.05, 4.69) is 26.8 Å². The molecule has 0 atom stereocenters. The highest BCUT2D eigenvalue weighted by molar-refractivity contribution is 5.72. The van der Waals surface area contributed by atoms with Gasteiger partial charge in [0.2, 0.25) is 0 Å². The molecule has 0 bridgehead atoms. The summed E-state index contributed by atoms with van der Waals surface area (Å²) >= 11 is 0. The summed E-state index contributed by atoms with van der Waals surface area (Å²) in [5.41, 5.74) is 2.23. The van der Waals surface area contributed by atoms with Gasteiger partial charge in [-0.05, 0) is 44.9 Å². The molecule has 188 valence electrons. The van der Waals surface area contributed by atoms with Crippen LogP contribution in [0.4, 0.5) is 0 Å². The number of carbonyl (C=O) groups excluding carboxylic acids is 1. The molecular formula is C30H50O3. The number of benzene rings is 1. The highest BCUT2D eigenvalue weighted by Gasteiger charge is 2.10. The van der Waals surface area contributed by atoms with Crippen molar-refractivity contribution in [2.75, 3.05) is 7.11 Å². The Morgan fingerprint density at radius 2 is 1.30 bits per heavy atom. The first-order chi connectivity index (χ1) is 16.1. The van der Waals surface area contributed by atoms with Gasteiger partial charge in [0.1, 0.15) is 11.5 Å². The molecule has 0 aromatic heterocycles. The van der Waals surface area contributed by atoms with E-state index in [1.165, 1.54) is 89.0 Å². The number of ether oxygens (including phenoxy) is 2. The molecule has 3 heteroatoms. The second-order valence-electron chi connectivity index (χ2n) is 9.63. The Morgan fingerprint density at radius 3 is 1.79 bits per heavy atom. The van der Waals surface area contributed by atoms with E-state index in [0.717, 1.165) is 30.6 Å². The van der Waals surface area contributed by atoms with Crippen molar-refractivity contribution in [2.45, 2.75) is 130 Å². The Balaban J connectivity index is 2.09. The molecule has 0 radical (unpaired) electrons. The van der Waals surface area contributed by atoms with Gasteiger partial charge in [-0.15, -0.1) is 0 Å². The van der Waals surface area contributed by atoms with Crippen LogP contribution in [0.15, 0.2) is 29.8 Å². The third kappa shape index (κ3) is 15.7. The monoisotopic (exact) mass is 458 g/mol. The van der Waals surface area contributed by atoms with Crippen LogP contribution in [0.1, 0.15) is 129 Å². The van der Waals surface area contributed by atoms with Gasteiger partial charge in [-0.1, -0.05) is 108 Å². The van der Waals surface area contributed by atoms with Crippen molar-refractivity contribution < 1.29 is 14.3 Å². The van der Waals surface area contributed by atoms with E-state index in [0.29, 0.717) is 12.2 Å². The first kappa shape index (κ1) is 29.3. The molecule has 0 heterocycles. The van der Waals surface area contributed by atoms with E-state index >= 15 is 0 Å². The van der Waals surface area contributed by atoms with E-state index in [9.17, 15) is 4.79 Å². The predicted molar refractivity (Wildman–Crippen MR) is 141 cm³/mol. The van der Waals surface area contributed by atoms with Gasteiger partial charge in [0.05, 0.1) is 7.11 Å². The zero-order valence-corrected chi connectivity index (χ0v) is 22.1. The molecule has 1 aromatic rings. The Bertz CT molecular complexity index is 659. The normalized spacial score (nSPS) is 10.8. The minimum absolute atomic E-state index is 0.131. The molecule has 0 amide bonds. The summed E-state index contributed by atoms with van der Waals surface area (Å²) in [6.45, 7) is 6.42. The molecule has 0 N–H and O–H groups in total. The third-order valence-electron chi connectivity index (χ3n) is 6.21. The lowest BCUT2D eigenvalue weighted by Crippen LogP contribution is -2.09. The zero-order chi connectivity index (χ0) is 24.2. The SMILES string of the molecule is CCCCCCCCCCCCCCCCCC(=O)Oc1ccc(OC)cc1CC=C(C)C. The van der Waals surface area contributed by atoms with Crippen LogP contribution in [-0.4, -0.2) is 13.1 Å². The van der Waals surface area contributed by atoms with Crippen molar-refractivity contribution in [1.82, 2.24) is 0 Å². The fourth-order valence-electron chi connectivity index (χ4n) is 4.07. The van der Waals surface area contributed by atoms with Gasteiger partial charge in [-0.2, -0.15) is 0 Å². The second-order valence-corrected chi connectivity index (χ2v) is 9.63. The van der Waals surface area contributed by atoms with Gasteiger partial charge >= 0.3 is 5.97 Å². The van der Waals surface area contributed by atoms with Crippen LogP contribution >= 0.6 is 0 Å². The van der Waals surface area contributed by atoms with Crippen LogP contribution in [0, 0.1) is 0 Å². The Kier molecular flexibility index (Phi) is 17.4. The molecule has 1 aromatic carbocycles. The van der Waals surface area contributed by atoms with Crippen LogP contribution in [-0.2, 0) is 11.2 Å². The van der Waals surface area contributed by atoms with Crippen molar-refractivity contribution in [3.05, 3.63) is 35.4 Å². The highest BCUT2D eigenvalue weighted by Crippen LogP contribution is 2.26. The van der Waals surface area contributed by atoms with Crippen molar-refractivity contribution in [2.24, 2.45) is 0 Å². The molecule has 0 aliphatic rings. The van der Waals surface area contributed by atoms with Crippen LogP contribution < -0.4 is 9.47 Å². The lowest BCUT2D eigenvalue weighted by molar-refractivity contribution is -0.134. The van der Waals surface area contributed by atoms with E-state index in [4.69, 9.17) is 9.47 Å². The topological polar surface area (TPSA) is 35.5 Å².